The van der Waals surface area contributed by atoms with Crippen LogP contribution in [0.5, 0.6) is 5.75 Å². The summed E-state index contributed by atoms with van der Waals surface area (Å²) in [7, 11) is 3.41. The second-order valence-electron chi connectivity index (χ2n) is 5.70. The Labute approximate surface area is 130 Å². The van der Waals surface area contributed by atoms with E-state index in [-0.39, 0.29) is 5.91 Å². The lowest BCUT2D eigenvalue weighted by Gasteiger charge is -2.25. The number of ether oxygens (including phenoxy) is 1. The molecule has 118 valence electrons. The zero-order valence-corrected chi connectivity index (χ0v) is 13.7. The van der Waals surface area contributed by atoms with Gasteiger partial charge in [-0.1, -0.05) is 11.6 Å². The third-order valence-electron chi connectivity index (χ3n) is 2.81. The molecule has 21 heavy (non-hydrogen) atoms. The average Bonchev–Trinajstić information content (AvgIpc) is 2.34. The number of methoxy groups -OCH3 is 1. The molecule has 1 aromatic carbocycles. The van der Waals surface area contributed by atoms with E-state index in [9.17, 15) is 9.90 Å². The van der Waals surface area contributed by atoms with Crippen LogP contribution in [0.25, 0.3) is 0 Å². The van der Waals surface area contributed by atoms with Crippen molar-refractivity contribution in [1.82, 2.24) is 4.90 Å². The SMILES string of the molecule is COc1ccc(NC(=O)CCN(C)CC(C)(C)O)cc1Cl. The van der Waals surface area contributed by atoms with Crippen molar-refractivity contribution in [2.24, 2.45) is 0 Å². The molecule has 0 aromatic heterocycles. The molecule has 0 aliphatic heterocycles. The highest BCUT2D eigenvalue weighted by Crippen LogP contribution is 2.27. The van der Waals surface area contributed by atoms with Gasteiger partial charge in [-0.25, -0.2) is 0 Å². The van der Waals surface area contributed by atoms with Crippen LogP contribution in [0, 0.1) is 0 Å². The molecule has 0 heterocycles. The maximum Gasteiger partial charge on any atom is 0.225 e. The van der Waals surface area contributed by atoms with E-state index in [2.05, 4.69) is 5.32 Å². The molecule has 0 aliphatic rings. The first kappa shape index (κ1) is 17.8. The van der Waals surface area contributed by atoms with Crippen molar-refractivity contribution in [2.45, 2.75) is 25.9 Å². The van der Waals surface area contributed by atoms with Gasteiger partial charge in [0.25, 0.3) is 0 Å². The largest absolute Gasteiger partial charge is 0.495 e. The summed E-state index contributed by atoms with van der Waals surface area (Å²) in [6, 6.07) is 5.10. The minimum Gasteiger partial charge on any atom is -0.495 e. The van der Waals surface area contributed by atoms with Crippen LogP contribution in [-0.4, -0.2) is 48.8 Å². The topological polar surface area (TPSA) is 61.8 Å². The number of hydrogen-bond acceptors (Lipinski definition) is 4. The minimum atomic E-state index is -0.769. The van der Waals surface area contributed by atoms with Crippen molar-refractivity contribution in [3.05, 3.63) is 23.2 Å². The zero-order valence-electron chi connectivity index (χ0n) is 12.9. The molecule has 0 spiro atoms. The molecule has 0 aliphatic carbocycles. The van der Waals surface area contributed by atoms with E-state index in [0.29, 0.717) is 36.0 Å². The van der Waals surface area contributed by atoms with E-state index >= 15 is 0 Å². The fraction of sp³-hybridized carbons (Fsp3) is 0.533. The number of halogens is 1. The van der Waals surface area contributed by atoms with Gasteiger partial charge in [-0.3, -0.25) is 4.79 Å². The first-order valence-electron chi connectivity index (χ1n) is 6.75. The van der Waals surface area contributed by atoms with Gasteiger partial charge in [-0.15, -0.1) is 0 Å². The summed E-state index contributed by atoms with van der Waals surface area (Å²) in [6.07, 6.45) is 0.343. The van der Waals surface area contributed by atoms with Gasteiger partial charge in [0.2, 0.25) is 5.91 Å². The van der Waals surface area contributed by atoms with Crippen molar-refractivity contribution in [3.63, 3.8) is 0 Å². The lowest BCUT2D eigenvalue weighted by Crippen LogP contribution is -2.37. The number of nitrogens with zero attached hydrogens (tertiary/aromatic N) is 1. The number of benzene rings is 1. The van der Waals surface area contributed by atoms with Crippen molar-refractivity contribution >= 4 is 23.2 Å². The first-order chi connectivity index (χ1) is 9.71. The molecule has 1 rings (SSSR count). The lowest BCUT2D eigenvalue weighted by molar-refractivity contribution is -0.116. The summed E-state index contributed by atoms with van der Waals surface area (Å²) < 4.78 is 5.06. The van der Waals surface area contributed by atoms with Gasteiger partial charge in [0.15, 0.2) is 0 Å². The molecular formula is C15H23ClN2O3. The van der Waals surface area contributed by atoms with Crippen LogP contribution in [-0.2, 0) is 4.79 Å². The van der Waals surface area contributed by atoms with E-state index in [1.807, 2.05) is 11.9 Å². The van der Waals surface area contributed by atoms with Crippen molar-refractivity contribution in [3.8, 4) is 5.75 Å². The third kappa shape index (κ3) is 6.80. The molecule has 1 aromatic rings. The molecule has 0 atom stereocenters. The number of anilines is 1. The van der Waals surface area contributed by atoms with Crippen LogP contribution < -0.4 is 10.1 Å². The summed E-state index contributed by atoms with van der Waals surface area (Å²) >= 11 is 6.00. The Morgan fingerprint density at radius 2 is 2.14 bits per heavy atom. The Morgan fingerprint density at radius 3 is 2.67 bits per heavy atom. The third-order valence-corrected chi connectivity index (χ3v) is 3.11. The van der Waals surface area contributed by atoms with Gasteiger partial charge < -0.3 is 20.1 Å². The highest BCUT2D eigenvalue weighted by Gasteiger charge is 2.16. The Balaban J connectivity index is 2.45. The number of amides is 1. The van der Waals surface area contributed by atoms with E-state index < -0.39 is 5.60 Å². The van der Waals surface area contributed by atoms with Gasteiger partial charge >= 0.3 is 0 Å². The number of carbonyl (C=O) groups excluding carboxylic acids is 1. The lowest BCUT2D eigenvalue weighted by atomic mass is 10.1. The summed E-state index contributed by atoms with van der Waals surface area (Å²) in [4.78, 5) is 13.8. The van der Waals surface area contributed by atoms with Gasteiger partial charge in [0.05, 0.1) is 17.7 Å². The minimum absolute atomic E-state index is 0.0983. The molecule has 6 heteroatoms. The van der Waals surface area contributed by atoms with Crippen LogP contribution >= 0.6 is 11.6 Å². The smallest absolute Gasteiger partial charge is 0.225 e. The van der Waals surface area contributed by atoms with Crippen LogP contribution in [0.15, 0.2) is 18.2 Å². The molecule has 0 bridgehead atoms. The summed E-state index contributed by atoms with van der Waals surface area (Å²) in [5, 5.41) is 12.9. The normalized spacial score (nSPS) is 11.6. The summed E-state index contributed by atoms with van der Waals surface area (Å²) in [5.41, 5.74) is -0.134. The molecule has 1 amide bonds. The van der Waals surface area contributed by atoms with Gasteiger partial charge in [-0.2, -0.15) is 0 Å². The number of carbonyl (C=O) groups is 1. The molecule has 0 radical (unpaired) electrons. The van der Waals surface area contributed by atoms with Gasteiger partial charge in [0, 0.05) is 25.2 Å². The highest BCUT2D eigenvalue weighted by molar-refractivity contribution is 6.32. The Kier molecular flexibility index (Phi) is 6.45. The zero-order chi connectivity index (χ0) is 16.0. The fourth-order valence-corrected chi connectivity index (χ4v) is 2.26. The fourth-order valence-electron chi connectivity index (χ4n) is 2.00. The predicted octanol–water partition coefficient (Wildman–Crippen LogP) is 2.38. The van der Waals surface area contributed by atoms with Crippen LogP contribution in [0.2, 0.25) is 5.02 Å². The first-order valence-corrected chi connectivity index (χ1v) is 7.13. The van der Waals surface area contributed by atoms with Crippen molar-refractivity contribution in [2.75, 3.05) is 32.6 Å². The number of aliphatic hydroxyl groups is 1. The van der Waals surface area contributed by atoms with E-state index in [1.165, 1.54) is 7.11 Å². The molecule has 0 unspecified atom stereocenters. The molecule has 2 N–H and O–H groups in total. The van der Waals surface area contributed by atoms with Crippen molar-refractivity contribution < 1.29 is 14.6 Å². The van der Waals surface area contributed by atoms with Crippen LogP contribution in [0.1, 0.15) is 20.3 Å². The Morgan fingerprint density at radius 1 is 1.48 bits per heavy atom. The average molecular weight is 315 g/mol. The van der Waals surface area contributed by atoms with Gasteiger partial charge in [-0.05, 0) is 39.1 Å². The van der Waals surface area contributed by atoms with Gasteiger partial charge in [0.1, 0.15) is 5.75 Å². The number of nitrogens with one attached hydrogen (secondary N) is 1. The molecule has 5 nitrogen and oxygen atoms in total. The van der Waals surface area contributed by atoms with E-state index in [4.69, 9.17) is 16.3 Å². The van der Waals surface area contributed by atoms with E-state index in [1.54, 1.807) is 32.0 Å². The predicted molar refractivity (Wildman–Crippen MR) is 85.0 cm³/mol. The second kappa shape index (κ2) is 7.64. The Bertz CT molecular complexity index is 486. The van der Waals surface area contributed by atoms with Crippen LogP contribution in [0.4, 0.5) is 5.69 Å². The Hall–Kier alpha value is -1.30. The van der Waals surface area contributed by atoms with Crippen molar-refractivity contribution in [1.29, 1.82) is 0 Å². The maximum atomic E-state index is 11.9. The molecular weight excluding hydrogens is 292 g/mol. The number of rotatable bonds is 7. The monoisotopic (exact) mass is 314 g/mol. The standard InChI is InChI=1S/C15H23ClN2O3/c1-15(2,20)10-18(3)8-7-14(19)17-11-5-6-13(21-4)12(16)9-11/h5-6,9,20H,7-8,10H2,1-4H3,(H,17,19). The second-order valence-corrected chi connectivity index (χ2v) is 6.10. The summed E-state index contributed by atoms with van der Waals surface area (Å²) in [6.45, 7) is 4.56. The molecule has 0 fully saturated rings. The van der Waals surface area contributed by atoms with Crippen LogP contribution in [0.3, 0.4) is 0 Å². The quantitative estimate of drug-likeness (QED) is 0.811. The number of hydrogen-bond donors (Lipinski definition) is 2. The maximum absolute atomic E-state index is 11.9. The van der Waals surface area contributed by atoms with E-state index in [0.717, 1.165) is 0 Å². The molecule has 0 saturated carbocycles. The number of likely N-dealkylation sites (N-methyl/N-ethyl adjacent to an activating group) is 1. The molecule has 0 saturated heterocycles. The summed E-state index contributed by atoms with van der Waals surface area (Å²) in [5.74, 6) is 0.471. The highest BCUT2D eigenvalue weighted by atomic mass is 35.5.